The first-order valence-corrected chi connectivity index (χ1v) is 9.47. The fourth-order valence-electron chi connectivity index (χ4n) is 3.76. The first-order chi connectivity index (χ1) is 13.3. The van der Waals surface area contributed by atoms with Gasteiger partial charge in [0.25, 0.3) is 0 Å². The van der Waals surface area contributed by atoms with Crippen LogP contribution < -0.4 is 5.73 Å². The van der Waals surface area contributed by atoms with Crippen LogP contribution in [0.5, 0.6) is 0 Å². The lowest BCUT2D eigenvalue weighted by atomic mass is 9.98. The fourth-order valence-corrected chi connectivity index (χ4v) is 3.76. The molecule has 1 atom stereocenters. The summed E-state index contributed by atoms with van der Waals surface area (Å²) in [6.45, 7) is 0.617. The van der Waals surface area contributed by atoms with E-state index in [1.165, 1.54) is 6.07 Å². The van der Waals surface area contributed by atoms with Crippen molar-refractivity contribution in [2.45, 2.75) is 50.7 Å². The highest BCUT2D eigenvalue weighted by atomic mass is 19.4. The van der Waals surface area contributed by atoms with Crippen LogP contribution in [0.1, 0.15) is 55.2 Å². The number of rotatable bonds is 5. The number of nitrogens with two attached hydrogens (primary N) is 1. The van der Waals surface area contributed by atoms with Crippen molar-refractivity contribution in [1.29, 1.82) is 5.41 Å². The minimum atomic E-state index is -4.43. The molecule has 3 N–H and O–H groups in total. The Kier molecular flexibility index (Phi) is 4.76. The van der Waals surface area contributed by atoms with E-state index in [0.717, 1.165) is 31.7 Å². The SMILES string of the molecule is N=C(N)N1CCCC1c1nc(-c2ccc(CCC3CC3)c(C(F)(F)F)c2)no1. The van der Waals surface area contributed by atoms with Crippen molar-refractivity contribution in [3.63, 3.8) is 0 Å². The largest absolute Gasteiger partial charge is 0.416 e. The van der Waals surface area contributed by atoms with Gasteiger partial charge in [-0.1, -0.05) is 30.1 Å². The summed E-state index contributed by atoms with van der Waals surface area (Å²) in [5, 5.41) is 11.5. The van der Waals surface area contributed by atoms with E-state index in [1.54, 1.807) is 11.0 Å². The second-order valence-corrected chi connectivity index (χ2v) is 7.54. The van der Waals surface area contributed by atoms with Gasteiger partial charge < -0.3 is 15.2 Å². The molecule has 9 heteroatoms. The number of hydrogen-bond acceptors (Lipinski definition) is 4. The van der Waals surface area contributed by atoms with Crippen LogP contribution in [0.3, 0.4) is 0 Å². The molecule has 1 saturated carbocycles. The number of halogens is 3. The number of likely N-dealkylation sites (tertiary alicyclic amines) is 1. The number of nitrogens with zero attached hydrogens (tertiary/aromatic N) is 3. The van der Waals surface area contributed by atoms with Crippen LogP contribution in [0.25, 0.3) is 11.4 Å². The van der Waals surface area contributed by atoms with Crippen LogP contribution in [-0.2, 0) is 12.6 Å². The standard InChI is InChI=1S/C19H22F3N5O/c20-19(21,22)14-10-13(8-7-12(14)6-5-11-3-4-11)16-25-17(28-26-16)15-2-1-9-27(15)18(23)24/h7-8,10-11,15H,1-6,9H2,(H3,23,24). The molecule has 1 aliphatic heterocycles. The van der Waals surface area contributed by atoms with E-state index in [1.807, 2.05) is 0 Å². The number of hydrogen-bond donors (Lipinski definition) is 2. The van der Waals surface area contributed by atoms with Gasteiger partial charge in [-0.05, 0) is 43.2 Å². The van der Waals surface area contributed by atoms with Gasteiger partial charge in [0.15, 0.2) is 5.96 Å². The smallest absolute Gasteiger partial charge is 0.370 e. The van der Waals surface area contributed by atoms with Gasteiger partial charge in [-0.3, -0.25) is 5.41 Å². The van der Waals surface area contributed by atoms with Crippen molar-refractivity contribution in [2.24, 2.45) is 11.7 Å². The van der Waals surface area contributed by atoms with E-state index in [0.29, 0.717) is 30.9 Å². The summed E-state index contributed by atoms with van der Waals surface area (Å²) in [5.74, 6) is 0.872. The Morgan fingerprint density at radius 3 is 2.75 bits per heavy atom. The number of alkyl halides is 3. The monoisotopic (exact) mass is 393 g/mol. The highest BCUT2D eigenvalue weighted by Crippen LogP contribution is 2.38. The lowest BCUT2D eigenvalue weighted by Crippen LogP contribution is -2.35. The predicted molar refractivity (Wildman–Crippen MR) is 96.4 cm³/mol. The molecule has 1 aliphatic carbocycles. The molecule has 0 radical (unpaired) electrons. The lowest BCUT2D eigenvalue weighted by Gasteiger charge is -2.21. The third-order valence-corrected chi connectivity index (χ3v) is 5.48. The van der Waals surface area contributed by atoms with Gasteiger partial charge in [0, 0.05) is 12.1 Å². The van der Waals surface area contributed by atoms with Crippen LogP contribution in [0, 0.1) is 11.3 Å². The summed E-state index contributed by atoms with van der Waals surface area (Å²) in [4.78, 5) is 5.95. The second-order valence-electron chi connectivity index (χ2n) is 7.54. The third kappa shape index (κ3) is 3.83. The first-order valence-electron chi connectivity index (χ1n) is 9.47. The van der Waals surface area contributed by atoms with Gasteiger partial charge in [0.05, 0.1) is 5.56 Å². The third-order valence-electron chi connectivity index (χ3n) is 5.48. The van der Waals surface area contributed by atoms with Crippen molar-refractivity contribution in [2.75, 3.05) is 6.54 Å². The minimum Gasteiger partial charge on any atom is -0.370 e. The fraction of sp³-hybridized carbons (Fsp3) is 0.526. The Balaban J connectivity index is 1.60. The molecule has 1 saturated heterocycles. The summed E-state index contributed by atoms with van der Waals surface area (Å²) < 4.78 is 46.0. The maximum absolute atomic E-state index is 13.6. The van der Waals surface area contributed by atoms with E-state index in [-0.39, 0.29) is 29.3 Å². The van der Waals surface area contributed by atoms with Crippen molar-refractivity contribution in [3.05, 3.63) is 35.2 Å². The Morgan fingerprint density at radius 2 is 2.07 bits per heavy atom. The number of guanidine groups is 1. The molecule has 1 aromatic heterocycles. The number of aromatic nitrogens is 2. The van der Waals surface area contributed by atoms with Crippen LogP contribution >= 0.6 is 0 Å². The molecular formula is C19H22F3N5O. The van der Waals surface area contributed by atoms with Crippen molar-refractivity contribution in [3.8, 4) is 11.4 Å². The van der Waals surface area contributed by atoms with Crippen LogP contribution in [0.2, 0.25) is 0 Å². The molecule has 2 fully saturated rings. The number of benzene rings is 1. The van der Waals surface area contributed by atoms with E-state index in [9.17, 15) is 13.2 Å². The minimum absolute atomic E-state index is 0.0818. The summed E-state index contributed by atoms with van der Waals surface area (Å²) in [5.41, 5.74) is 5.52. The van der Waals surface area contributed by atoms with Crippen molar-refractivity contribution in [1.82, 2.24) is 15.0 Å². The maximum Gasteiger partial charge on any atom is 0.416 e. The molecule has 6 nitrogen and oxygen atoms in total. The summed E-state index contributed by atoms with van der Waals surface area (Å²) in [6, 6.07) is 3.94. The van der Waals surface area contributed by atoms with E-state index >= 15 is 0 Å². The molecule has 1 unspecified atom stereocenters. The molecule has 0 spiro atoms. The van der Waals surface area contributed by atoms with Crippen molar-refractivity contribution >= 4 is 5.96 Å². The highest BCUT2D eigenvalue weighted by Gasteiger charge is 2.35. The van der Waals surface area contributed by atoms with Crippen LogP contribution in [0.15, 0.2) is 22.7 Å². The first kappa shape index (κ1) is 18.8. The Bertz CT molecular complexity index is 875. The molecule has 0 bridgehead atoms. The van der Waals surface area contributed by atoms with Gasteiger partial charge in [0.1, 0.15) is 6.04 Å². The van der Waals surface area contributed by atoms with Gasteiger partial charge in [0.2, 0.25) is 11.7 Å². The van der Waals surface area contributed by atoms with Crippen LogP contribution in [-0.4, -0.2) is 27.5 Å². The normalized spacial score (nSPS) is 20.0. The van der Waals surface area contributed by atoms with Gasteiger partial charge >= 0.3 is 6.18 Å². The van der Waals surface area contributed by atoms with Crippen molar-refractivity contribution < 1.29 is 17.7 Å². The Hall–Kier alpha value is -2.58. The summed E-state index contributed by atoms with van der Waals surface area (Å²) >= 11 is 0. The van der Waals surface area contributed by atoms with E-state index in [2.05, 4.69) is 10.1 Å². The molecule has 0 amide bonds. The number of aryl methyl sites for hydroxylation is 1. The second kappa shape index (κ2) is 7.10. The summed E-state index contributed by atoms with van der Waals surface area (Å²) in [7, 11) is 0. The molecular weight excluding hydrogens is 371 g/mol. The molecule has 4 rings (SSSR count). The predicted octanol–water partition coefficient (Wildman–Crippen LogP) is 4.13. The zero-order valence-electron chi connectivity index (χ0n) is 15.3. The average Bonchev–Trinajstić information content (AvgIpc) is 3.13. The quantitative estimate of drug-likeness (QED) is 0.589. The lowest BCUT2D eigenvalue weighted by molar-refractivity contribution is -0.138. The summed E-state index contributed by atoms with van der Waals surface area (Å²) in [6.07, 6.45) is 0.542. The molecule has 150 valence electrons. The highest BCUT2D eigenvalue weighted by molar-refractivity contribution is 5.75. The Labute approximate surface area is 160 Å². The zero-order valence-corrected chi connectivity index (χ0v) is 15.3. The van der Waals surface area contributed by atoms with Crippen LogP contribution in [0.4, 0.5) is 13.2 Å². The van der Waals surface area contributed by atoms with E-state index in [4.69, 9.17) is 15.7 Å². The average molecular weight is 393 g/mol. The zero-order chi connectivity index (χ0) is 19.9. The topological polar surface area (TPSA) is 92.0 Å². The molecule has 28 heavy (non-hydrogen) atoms. The van der Waals surface area contributed by atoms with E-state index < -0.39 is 11.7 Å². The molecule has 2 aliphatic rings. The van der Waals surface area contributed by atoms with Gasteiger partial charge in [-0.2, -0.15) is 18.2 Å². The molecule has 2 heterocycles. The molecule has 2 aromatic rings. The Morgan fingerprint density at radius 1 is 1.29 bits per heavy atom. The molecule has 1 aromatic carbocycles. The van der Waals surface area contributed by atoms with Gasteiger partial charge in [-0.25, -0.2) is 0 Å². The number of nitrogens with one attached hydrogen (secondary N) is 1. The maximum atomic E-state index is 13.6. The van der Waals surface area contributed by atoms with Gasteiger partial charge in [-0.15, -0.1) is 0 Å².